The van der Waals surface area contributed by atoms with Gasteiger partial charge in [0, 0.05) is 13.1 Å². The van der Waals surface area contributed by atoms with Crippen molar-refractivity contribution >= 4 is 28.6 Å². The minimum absolute atomic E-state index is 0.230. The fourth-order valence-corrected chi connectivity index (χ4v) is 3.02. The highest BCUT2D eigenvalue weighted by molar-refractivity contribution is 6.06. The average molecular weight is 322 g/mol. The summed E-state index contributed by atoms with van der Waals surface area (Å²) in [5, 5.41) is 2.91. The minimum Gasteiger partial charge on any atom is -0.469 e. The summed E-state index contributed by atoms with van der Waals surface area (Å²) in [6.45, 7) is 3.63. The number of aryl methyl sites for hydroxylation is 1. The summed E-state index contributed by atoms with van der Waals surface area (Å²) in [5.74, 6) is 1.59. The number of anilines is 2. The van der Waals surface area contributed by atoms with E-state index in [0.29, 0.717) is 17.1 Å². The van der Waals surface area contributed by atoms with Crippen LogP contribution in [0.4, 0.5) is 11.6 Å². The van der Waals surface area contributed by atoms with E-state index >= 15 is 0 Å². The maximum absolute atomic E-state index is 12.5. The number of hydrogen-bond donors (Lipinski definition) is 1. The lowest BCUT2D eigenvalue weighted by Gasteiger charge is -2.20. The number of carbonyl (C=O) groups is 1. The molecule has 0 saturated carbocycles. The zero-order valence-corrected chi connectivity index (χ0v) is 13.5. The Kier molecular flexibility index (Phi) is 3.65. The molecular weight excluding hydrogens is 304 g/mol. The smallest absolute Gasteiger partial charge is 0.260 e. The van der Waals surface area contributed by atoms with E-state index in [4.69, 9.17) is 9.40 Å². The number of rotatable bonds is 3. The highest BCUT2D eigenvalue weighted by Crippen LogP contribution is 2.28. The minimum atomic E-state index is -0.230. The van der Waals surface area contributed by atoms with Gasteiger partial charge in [-0.25, -0.2) is 9.97 Å². The molecule has 122 valence electrons. The molecule has 3 heterocycles. The van der Waals surface area contributed by atoms with Gasteiger partial charge in [-0.05, 0) is 38.0 Å². The molecule has 2 aromatic heterocycles. The first-order valence-electron chi connectivity index (χ1n) is 8.09. The van der Waals surface area contributed by atoms with Crippen molar-refractivity contribution in [2.75, 3.05) is 23.3 Å². The molecule has 0 aliphatic carbocycles. The summed E-state index contributed by atoms with van der Waals surface area (Å²) in [7, 11) is 0. The van der Waals surface area contributed by atoms with Crippen molar-refractivity contribution in [3.8, 4) is 0 Å². The molecule has 0 spiro atoms. The lowest BCUT2D eigenvalue weighted by Crippen LogP contribution is -2.23. The van der Waals surface area contributed by atoms with Crippen molar-refractivity contribution in [2.24, 2.45) is 0 Å². The number of amides is 1. The fraction of sp³-hybridized carbons (Fsp3) is 0.278. The molecule has 1 fully saturated rings. The highest BCUT2D eigenvalue weighted by Gasteiger charge is 2.22. The van der Waals surface area contributed by atoms with Crippen molar-refractivity contribution in [1.29, 1.82) is 0 Å². The highest BCUT2D eigenvalue weighted by atomic mass is 16.3. The number of fused-ring (bicyclic) bond motifs is 1. The van der Waals surface area contributed by atoms with Gasteiger partial charge in [-0.3, -0.25) is 4.79 Å². The number of nitrogens with zero attached hydrogens (tertiary/aromatic N) is 3. The van der Waals surface area contributed by atoms with Gasteiger partial charge in [-0.15, -0.1) is 0 Å². The molecule has 0 atom stereocenters. The van der Waals surface area contributed by atoms with E-state index in [1.165, 1.54) is 6.26 Å². The molecule has 0 bridgehead atoms. The van der Waals surface area contributed by atoms with E-state index in [1.807, 2.05) is 24.3 Å². The third kappa shape index (κ3) is 2.60. The van der Waals surface area contributed by atoms with Gasteiger partial charge in [0.25, 0.3) is 5.91 Å². The molecule has 0 unspecified atom stereocenters. The van der Waals surface area contributed by atoms with Crippen molar-refractivity contribution in [3.63, 3.8) is 0 Å². The number of carbonyl (C=O) groups excluding carboxylic acids is 1. The molecule has 1 saturated heterocycles. The second-order valence-corrected chi connectivity index (χ2v) is 5.92. The third-order valence-electron chi connectivity index (χ3n) is 4.29. The summed E-state index contributed by atoms with van der Waals surface area (Å²) >= 11 is 0. The molecule has 6 heteroatoms. The summed E-state index contributed by atoms with van der Waals surface area (Å²) in [6, 6.07) is 9.35. The molecule has 1 aliphatic rings. The van der Waals surface area contributed by atoms with Crippen LogP contribution in [0, 0.1) is 6.92 Å². The van der Waals surface area contributed by atoms with Gasteiger partial charge in [0.15, 0.2) is 11.6 Å². The molecule has 0 radical (unpaired) electrons. The molecule has 24 heavy (non-hydrogen) atoms. The van der Waals surface area contributed by atoms with Crippen LogP contribution in [0.3, 0.4) is 0 Å². The Morgan fingerprint density at radius 2 is 1.83 bits per heavy atom. The van der Waals surface area contributed by atoms with E-state index in [1.54, 1.807) is 13.0 Å². The Balaban J connectivity index is 1.76. The lowest BCUT2D eigenvalue weighted by atomic mass is 10.2. The fourth-order valence-electron chi connectivity index (χ4n) is 3.02. The van der Waals surface area contributed by atoms with Gasteiger partial charge in [0.1, 0.15) is 5.76 Å². The predicted molar refractivity (Wildman–Crippen MR) is 92.4 cm³/mol. The number of benzene rings is 1. The van der Waals surface area contributed by atoms with E-state index < -0.39 is 0 Å². The summed E-state index contributed by atoms with van der Waals surface area (Å²) in [5.41, 5.74) is 2.11. The second-order valence-electron chi connectivity index (χ2n) is 5.92. The molecular formula is C18H18N4O2. The van der Waals surface area contributed by atoms with Crippen LogP contribution in [0.5, 0.6) is 0 Å². The van der Waals surface area contributed by atoms with E-state index in [-0.39, 0.29) is 5.91 Å². The molecule has 1 N–H and O–H groups in total. The van der Waals surface area contributed by atoms with Crippen molar-refractivity contribution < 1.29 is 9.21 Å². The Labute approximate surface area is 139 Å². The quantitative estimate of drug-likeness (QED) is 0.800. The van der Waals surface area contributed by atoms with Gasteiger partial charge in [-0.1, -0.05) is 12.1 Å². The maximum Gasteiger partial charge on any atom is 0.260 e. The zero-order valence-electron chi connectivity index (χ0n) is 13.5. The van der Waals surface area contributed by atoms with Crippen LogP contribution in [0.1, 0.15) is 29.0 Å². The number of aromatic nitrogens is 2. The molecule has 3 aromatic rings. The van der Waals surface area contributed by atoms with Crippen molar-refractivity contribution in [3.05, 3.63) is 47.9 Å². The van der Waals surface area contributed by atoms with Crippen LogP contribution in [0.25, 0.3) is 11.0 Å². The van der Waals surface area contributed by atoms with Crippen LogP contribution < -0.4 is 10.2 Å². The van der Waals surface area contributed by atoms with Gasteiger partial charge < -0.3 is 14.6 Å². The van der Waals surface area contributed by atoms with E-state index in [0.717, 1.165) is 42.8 Å². The Morgan fingerprint density at radius 1 is 1.12 bits per heavy atom. The van der Waals surface area contributed by atoms with Gasteiger partial charge >= 0.3 is 0 Å². The predicted octanol–water partition coefficient (Wildman–Crippen LogP) is 3.38. The number of hydrogen-bond acceptors (Lipinski definition) is 5. The Bertz CT molecular complexity index is 897. The SMILES string of the molecule is Cc1occc1C(=O)Nc1nc2ccccc2nc1N1CCCC1. The molecule has 1 amide bonds. The topological polar surface area (TPSA) is 71.3 Å². The van der Waals surface area contributed by atoms with Crippen molar-refractivity contribution in [2.45, 2.75) is 19.8 Å². The molecule has 6 nitrogen and oxygen atoms in total. The van der Waals surface area contributed by atoms with Gasteiger partial charge in [0.05, 0.1) is 22.9 Å². The van der Waals surface area contributed by atoms with E-state index in [2.05, 4.69) is 15.2 Å². The third-order valence-corrected chi connectivity index (χ3v) is 4.29. The van der Waals surface area contributed by atoms with Gasteiger partial charge in [-0.2, -0.15) is 0 Å². The van der Waals surface area contributed by atoms with E-state index in [9.17, 15) is 4.79 Å². The molecule has 1 aliphatic heterocycles. The lowest BCUT2D eigenvalue weighted by molar-refractivity contribution is 0.102. The standard InChI is InChI=1S/C18H18N4O2/c1-12-13(8-11-24-12)18(23)21-16-17(22-9-4-5-10-22)20-15-7-3-2-6-14(15)19-16/h2-3,6-8,11H,4-5,9-10H2,1H3,(H,19,21,23). The normalized spacial score (nSPS) is 14.3. The summed E-state index contributed by atoms with van der Waals surface area (Å²) < 4.78 is 5.22. The number of para-hydroxylation sites is 2. The van der Waals surface area contributed by atoms with Crippen LogP contribution in [0.2, 0.25) is 0 Å². The molecule has 4 rings (SSSR count). The van der Waals surface area contributed by atoms with Gasteiger partial charge in [0.2, 0.25) is 0 Å². The summed E-state index contributed by atoms with van der Waals surface area (Å²) in [6.07, 6.45) is 3.77. The monoisotopic (exact) mass is 322 g/mol. The van der Waals surface area contributed by atoms with Crippen LogP contribution >= 0.6 is 0 Å². The largest absolute Gasteiger partial charge is 0.469 e. The number of furan rings is 1. The van der Waals surface area contributed by atoms with Crippen LogP contribution in [-0.2, 0) is 0 Å². The first-order chi connectivity index (χ1) is 11.7. The zero-order chi connectivity index (χ0) is 16.5. The average Bonchev–Trinajstić information content (AvgIpc) is 3.25. The first-order valence-corrected chi connectivity index (χ1v) is 8.09. The second kappa shape index (κ2) is 5.96. The first kappa shape index (κ1) is 14.7. The van der Waals surface area contributed by atoms with Crippen LogP contribution in [-0.4, -0.2) is 29.0 Å². The van der Waals surface area contributed by atoms with Crippen molar-refractivity contribution in [1.82, 2.24) is 9.97 Å². The van der Waals surface area contributed by atoms with Crippen LogP contribution in [0.15, 0.2) is 41.0 Å². The summed E-state index contributed by atoms with van der Waals surface area (Å²) in [4.78, 5) is 24.1. The number of nitrogens with one attached hydrogen (secondary N) is 1. The Morgan fingerprint density at radius 3 is 2.50 bits per heavy atom. The molecule has 1 aromatic carbocycles. The Hall–Kier alpha value is -2.89. The maximum atomic E-state index is 12.5.